The molecule has 0 amide bonds. The van der Waals surface area contributed by atoms with E-state index in [-0.39, 0.29) is 0 Å². The fourth-order valence-corrected chi connectivity index (χ4v) is 3.21. The summed E-state index contributed by atoms with van der Waals surface area (Å²) in [6.45, 7) is 1.10. The minimum Gasteiger partial charge on any atom is -0.283 e. The Morgan fingerprint density at radius 2 is 1.26 bits per heavy atom. The van der Waals surface area contributed by atoms with Gasteiger partial charge in [-0.2, -0.15) is 5.10 Å². The fraction of sp³-hybridized carbons (Fsp3) is 0.0952. The molecule has 2 aliphatic heterocycles. The summed E-state index contributed by atoms with van der Waals surface area (Å²) in [6.07, 6.45) is 0. The lowest BCUT2D eigenvalue weighted by Crippen LogP contribution is -2.22. The van der Waals surface area contributed by atoms with Gasteiger partial charge in [0.15, 0.2) is 0 Å². The van der Waals surface area contributed by atoms with E-state index in [2.05, 4.69) is 82.9 Å². The Morgan fingerprint density at radius 3 is 1.91 bits per heavy atom. The van der Waals surface area contributed by atoms with Crippen LogP contribution in [0.3, 0.4) is 0 Å². The molecule has 0 N–H and O–H groups in total. The maximum Gasteiger partial charge on any atom is 0.111 e. The average molecular weight is 296 g/mol. The number of benzene rings is 3. The van der Waals surface area contributed by atoms with Crippen LogP contribution in [0.2, 0.25) is 0 Å². The Balaban J connectivity index is 1.47. The van der Waals surface area contributed by atoms with Crippen molar-refractivity contribution in [2.24, 2.45) is 5.10 Å². The molecule has 0 radical (unpaired) electrons. The monoisotopic (exact) mass is 296 g/mol. The molecule has 2 aliphatic rings. The Kier molecular flexibility index (Phi) is 2.65. The Hall–Kier alpha value is -2.87. The van der Waals surface area contributed by atoms with Crippen molar-refractivity contribution in [2.45, 2.75) is 6.04 Å². The van der Waals surface area contributed by atoms with Crippen LogP contribution >= 0.6 is 0 Å². The first kappa shape index (κ1) is 12.7. The molecule has 1 fully saturated rings. The van der Waals surface area contributed by atoms with Crippen molar-refractivity contribution < 1.29 is 0 Å². The molecule has 2 heteroatoms. The molecule has 2 nitrogen and oxygen atoms in total. The van der Waals surface area contributed by atoms with Gasteiger partial charge in [-0.3, -0.25) is 5.01 Å². The maximum atomic E-state index is 4.50. The topological polar surface area (TPSA) is 15.4 Å². The minimum atomic E-state index is 0.589. The van der Waals surface area contributed by atoms with Crippen LogP contribution in [-0.2, 0) is 0 Å². The van der Waals surface area contributed by atoms with E-state index in [1.165, 1.54) is 33.5 Å². The SMILES string of the molecule is c1ccc(-c2ccc(-c3cccc(C4=NN5CC45)c3)cc2)cc1. The second-order valence-electron chi connectivity index (χ2n) is 6.15. The van der Waals surface area contributed by atoms with Gasteiger partial charge in [0, 0.05) is 5.56 Å². The molecule has 0 aliphatic carbocycles. The van der Waals surface area contributed by atoms with E-state index in [0.29, 0.717) is 6.04 Å². The van der Waals surface area contributed by atoms with Gasteiger partial charge in [0.05, 0.1) is 12.3 Å². The normalized spacial score (nSPS) is 18.0. The zero-order chi connectivity index (χ0) is 15.2. The van der Waals surface area contributed by atoms with Crippen molar-refractivity contribution >= 4 is 5.71 Å². The highest BCUT2D eigenvalue weighted by atomic mass is 15.6. The third-order valence-corrected chi connectivity index (χ3v) is 4.62. The summed E-state index contributed by atoms with van der Waals surface area (Å²) >= 11 is 0. The van der Waals surface area contributed by atoms with Gasteiger partial charge < -0.3 is 0 Å². The molecule has 3 aromatic carbocycles. The maximum absolute atomic E-state index is 4.50. The first-order valence-electron chi connectivity index (χ1n) is 8.00. The molecule has 23 heavy (non-hydrogen) atoms. The smallest absolute Gasteiger partial charge is 0.111 e. The van der Waals surface area contributed by atoms with Crippen molar-refractivity contribution in [3.05, 3.63) is 84.4 Å². The van der Waals surface area contributed by atoms with Crippen molar-refractivity contribution in [2.75, 3.05) is 6.54 Å². The van der Waals surface area contributed by atoms with Gasteiger partial charge in [-0.15, -0.1) is 0 Å². The Bertz CT molecular complexity index is 895. The summed E-state index contributed by atoms with van der Waals surface area (Å²) in [5, 5.41) is 6.63. The van der Waals surface area contributed by atoms with Crippen LogP contribution in [0.15, 0.2) is 84.0 Å². The molecule has 1 unspecified atom stereocenters. The van der Waals surface area contributed by atoms with Crippen LogP contribution in [0.1, 0.15) is 5.56 Å². The van der Waals surface area contributed by atoms with Crippen LogP contribution in [0.4, 0.5) is 0 Å². The molecule has 2 heterocycles. The summed E-state index contributed by atoms with van der Waals surface area (Å²) in [5.41, 5.74) is 7.51. The quantitative estimate of drug-likeness (QED) is 0.653. The van der Waals surface area contributed by atoms with Crippen LogP contribution < -0.4 is 0 Å². The number of fused-ring (bicyclic) bond motifs is 1. The number of hydrogen-bond acceptors (Lipinski definition) is 2. The molecule has 3 aromatic rings. The molecule has 110 valence electrons. The highest BCUT2D eigenvalue weighted by Crippen LogP contribution is 2.34. The van der Waals surface area contributed by atoms with Gasteiger partial charge in [0.1, 0.15) is 6.04 Å². The van der Waals surface area contributed by atoms with E-state index in [0.717, 1.165) is 6.54 Å². The molecule has 0 aromatic heterocycles. The van der Waals surface area contributed by atoms with Gasteiger partial charge in [-0.25, -0.2) is 0 Å². The van der Waals surface area contributed by atoms with Gasteiger partial charge in [-0.05, 0) is 28.3 Å². The van der Waals surface area contributed by atoms with Crippen molar-refractivity contribution in [3.63, 3.8) is 0 Å². The second-order valence-corrected chi connectivity index (χ2v) is 6.15. The van der Waals surface area contributed by atoms with E-state index >= 15 is 0 Å². The highest BCUT2D eigenvalue weighted by molar-refractivity contribution is 6.10. The van der Waals surface area contributed by atoms with Gasteiger partial charge in [-0.1, -0.05) is 72.8 Å². The first-order chi connectivity index (χ1) is 11.4. The van der Waals surface area contributed by atoms with Crippen LogP contribution in [-0.4, -0.2) is 23.3 Å². The summed E-state index contributed by atoms with van der Waals surface area (Å²) in [6, 6.07) is 28.6. The van der Waals surface area contributed by atoms with Crippen molar-refractivity contribution in [3.8, 4) is 22.3 Å². The summed E-state index contributed by atoms with van der Waals surface area (Å²) in [4.78, 5) is 0. The van der Waals surface area contributed by atoms with Gasteiger partial charge in [0.2, 0.25) is 0 Å². The molecule has 0 bridgehead atoms. The molecule has 5 rings (SSSR count). The number of nitrogens with zero attached hydrogens (tertiary/aromatic N) is 2. The number of rotatable bonds is 3. The van der Waals surface area contributed by atoms with Crippen molar-refractivity contribution in [1.82, 2.24) is 5.01 Å². The zero-order valence-corrected chi connectivity index (χ0v) is 12.7. The highest BCUT2D eigenvalue weighted by Gasteiger charge is 2.46. The molecular weight excluding hydrogens is 280 g/mol. The standard InChI is InChI=1S/C21H16N2/c1-2-5-15(6-3-1)16-9-11-17(12-10-16)18-7-4-8-19(13-18)21-20-14-23(20)22-21/h1-13,20H,14H2. The molecule has 1 saturated heterocycles. The minimum absolute atomic E-state index is 0.589. The van der Waals surface area contributed by atoms with E-state index in [4.69, 9.17) is 0 Å². The van der Waals surface area contributed by atoms with E-state index in [1.54, 1.807) is 0 Å². The third kappa shape index (κ3) is 2.15. The molecular formula is C21H16N2. The van der Waals surface area contributed by atoms with Crippen LogP contribution in [0, 0.1) is 0 Å². The van der Waals surface area contributed by atoms with E-state index in [9.17, 15) is 0 Å². The van der Waals surface area contributed by atoms with Gasteiger partial charge >= 0.3 is 0 Å². The Labute approximate surface area is 135 Å². The fourth-order valence-electron chi connectivity index (χ4n) is 3.21. The predicted molar refractivity (Wildman–Crippen MR) is 94.3 cm³/mol. The van der Waals surface area contributed by atoms with Gasteiger partial charge in [0.25, 0.3) is 0 Å². The third-order valence-electron chi connectivity index (χ3n) is 4.62. The lowest BCUT2D eigenvalue weighted by Gasteiger charge is -2.15. The Morgan fingerprint density at radius 1 is 0.652 bits per heavy atom. The predicted octanol–water partition coefficient (Wildman–Crippen LogP) is 4.42. The lowest BCUT2D eigenvalue weighted by atomic mass is 9.97. The molecule has 0 saturated carbocycles. The molecule has 0 spiro atoms. The first-order valence-corrected chi connectivity index (χ1v) is 8.00. The second kappa shape index (κ2) is 4.82. The number of hydrogen-bond donors (Lipinski definition) is 0. The largest absolute Gasteiger partial charge is 0.283 e. The average Bonchev–Trinajstić information content (AvgIpc) is 3.26. The van der Waals surface area contributed by atoms with Crippen LogP contribution in [0.5, 0.6) is 0 Å². The summed E-state index contributed by atoms with van der Waals surface area (Å²) in [7, 11) is 0. The lowest BCUT2D eigenvalue weighted by molar-refractivity contribution is 0.539. The number of hydrazone groups is 1. The van der Waals surface area contributed by atoms with E-state index in [1.807, 2.05) is 6.07 Å². The summed E-state index contributed by atoms with van der Waals surface area (Å²) in [5.74, 6) is 0. The van der Waals surface area contributed by atoms with Crippen molar-refractivity contribution in [1.29, 1.82) is 0 Å². The zero-order valence-electron chi connectivity index (χ0n) is 12.7. The van der Waals surface area contributed by atoms with E-state index < -0.39 is 0 Å². The van der Waals surface area contributed by atoms with Crippen LogP contribution in [0.25, 0.3) is 22.3 Å². The summed E-state index contributed by atoms with van der Waals surface area (Å²) < 4.78 is 0. The molecule has 1 atom stereocenters.